The third kappa shape index (κ3) is 4.06. The minimum absolute atomic E-state index is 0.0996. The van der Waals surface area contributed by atoms with Crippen molar-refractivity contribution in [3.05, 3.63) is 0 Å². The Kier molecular flexibility index (Phi) is 4.88. The van der Waals surface area contributed by atoms with Gasteiger partial charge < -0.3 is 5.73 Å². The van der Waals surface area contributed by atoms with Crippen LogP contribution in [0, 0.1) is 5.92 Å². The Balaban J connectivity index is 4.29. The summed E-state index contributed by atoms with van der Waals surface area (Å²) in [5, 5.41) is -0.389. The molecule has 2 unspecified atom stereocenters. The van der Waals surface area contributed by atoms with Crippen LogP contribution < -0.4 is 10.5 Å². The minimum Gasteiger partial charge on any atom is -0.330 e. The fourth-order valence-corrected chi connectivity index (χ4v) is 1.74. The quantitative estimate of drug-likeness (QED) is 0.682. The Morgan fingerprint density at radius 3 is 2.00 bits per heavy atom. The van der Waals surface area contributed by atoms with Gasteiger partial charge in [0.05, 0.1) is 5.25 Å². The number of nitrogens with two attached hydrogens (primary N) is 1. The van der Waals surface area contributed by atoms with Gasteiger partial charge in [-0.25, -0.2) is 13.1 Å². The zero-order valence-corrected chi connectivity index (χ0v) is 9.56. The number of hydrogen-bond acceptors (Lipinski definition) is 3. The van der Waals surface area contributed by atoms with Crippen molar-refractivity contribution in [1.82, 2.24) is 4.72 Å². The number of hydrogen-bond donors (Lipinski definition) is 2. The van der Waals surface area contributed by atoms with Gasteiger partial charge in [0.1, 0.15) is 0 Å². The van der Waals surface area contributed by atoms with Crippen molar-refractivity contribution in [1.29, 1.82) is 0 Å². The van der Waals surface area contributed by atoms with E-state index in [1.54, 1.807) is 13.8 Å². The van der Waals surface area contributed by atoms with Crippen LogP contribution >= 0.6 is 0 Å². The van der Waals surface area contributed by atoms with E-state index in [9.17, 15) is 8.42 Å². The normalized spacial score (nSPS) is 17.4. The average Bonchev–Trinajstić information content (AvgIpc) is 2.01. The van der Waals surface area contributed by atoms with Crippen LogP contribution in [-0.4, -0.2) is 26.3 Å². The van der Waals surface area contributed by atoms with E-state index < -0.39 is 10.0 Å². The first-order valence-electron chi connectivity index (χ1n) is 4.52. The first-order chi connectivity index (χ1) is 5.81. The van der Waals surface area contributed by atoms with Gasteiger partial charge in [-0.15, -0.1) is 0 Å². The molecule has 0 aliphatic heterocycles. The summed E-state index contributed by atoms with van der Waals surface area (Å²) in [7, 11) is -3.16. The molecular formula is C8H20N2O2S. The number of nitrogens with one attached hydrogen (secondary N) is 1. The first kappa shape index (κ1) is 12.9. The molecule has 0 spiro atoms. The lowest BCUT2D eigenvalue weighted by molar-refractivity contribution is 0.451. The van der Waals surface area contributed by atoms with E-state index in [1.165, 1.54) is 0 Å². The van der Waals surface area contributed by atoms with Crippen LogP contribution in [0.3, 0.4) is 0 Å². The van der Waals surface area contributed by atoms with Gasteiger partial charge in [-0.1, -0.05) is 6.92 Å². The Morgan fingerprint density at radius 1 is 1.23 bits per heavy atom. The van der Waals surface area contributed by atoms with Gasteiger partial charge in [0.25, 0.3) is 0 Å². The molecule has 2 atom stereocenters. The van der Waals surface area contributed by atoms with E-state index in [4.69, 9.17) is 5.73 Å². The molecular weight excluding hydrogens is 188 g/mol. The standard InChI is InChI=1S/C8H20N2O2S/c1-6(2)13(11,12)10-8(4)7(3)5-9/h6-8,10H,5,9H2,1-4H3. The third-order valence-corrected chi connectivity index (χ3v) is 4.14. The molecule has 0 bridgehead atoms. The first-order valence-corrected chi connectivity index (χ1v) is 6.07. The lowest BCUT2D eigenvalue weighted by Crippen LogP contribution is -2.42. The smallest absolute Gasteiger partial charge is 0.214 e. The second kappa shape index (κ2) is 4.93. The molecule has 0 aliphatic carbocycles. The molecule has 0 aliphatic rings. The van der Waals surface area contributed by atoms with Crippen molar-refractivity contribution in [2.24, 2.45) is 11.7 Å². The van der Waals surface area contributed by atoms with Crippen molar-refractivity contribution >= 4 is 10.0 Å². The number of rotatable bonds is 5. The Hall–Kier alpha value is -0.130. The van der Waals surface area contributed by atoms with Gasteiger partial charge in [0.2, 0.25) is 10.0 Å². The topological polar surface area (TPSA) is 72.2 Å². The van der Waals surface area contributed by atoms with Gasteiger partial charge in [0, 0.05) is 6.04 Å². The van der Waals surface area contributed by atoms with Gasteiger partial charge in [0.15, 0.2) is 0 Å². The SMILES string of the molecule is CC(CN)C(C)NS(=O)(=O)C(C)C. The highest BCUT2D eigenvalue weighted by atomic mass is 32.2. The summed E-state index contributed by atoms with van der Waals surface area (Å²) < 4.78 is 25.4. The Morgan fingerprint density at radius 2 is 1.69 bits per heavy atom. The molecule has 0 radical (unpaired) electrons. The van der Waals surface area contributed by atoms with Crippen LogP contribution in [0.4, 0.5) is 0 Å². The summed E-state index contributed by atoms with van der Waals surface area (Å²) in [6.07, 6.45) is 0. The monoisotopic (exact) mass is 208 g/mol. The highest BCUT2D eigenvalue weighted by Crippen LogP contribution is 2.04. The molecule has 13 heavy (non-hydrogen) atoms. The Bertz CT molecular complexity index is 237. The van der Waals surface area contributed by atoms with E-state index in [2.05, 4.69) is 4.72 Å². The van der Waals surface area contributed by atoms with Gasteiger partial charge in [-0.05, 0) is 33.2 Å². The molecule has 0 aromatic carbocycles. The van der Waals surface area contributed by atoms with E-state index >= 15 is 0 Å². The van der Waals surface area contributed by atoms with Gasteiger partial charge in [-0.3, -0.25) is 0 Å². The lowest BCUT2D eigenvalue weighted by atomic mass is 10.1. The molecule has 0 saturated heterocycles. The van der Waals surface area contributed by atoms with Crippen LogP contribution in [0.25, 0.3) is 0 Å². The van der Waals surface area contributed by atoms with Gasteiger partial charge in [-0.2, -0.15) is 0 Å². The molecule has 0 amide bonds. The van der Waals surface area contributed by atoms with Crippen LogP contribution in [0.15, 0.2) is 0 Å². The van der Waals surface area contributed by atoms with Crippen molar-refractivity contribution in [3.8, 4) is 0 Å². The van der Waals surface area contributed by atoms with Crippen LogP contribution in [-0.2, 0) is 10.0 Å². The maximum Gasteiger partial charge on any atom is 0.214 e. The van der Waals surface area contributed by atoms with Crippen molar-refractivity contribution in [2.75, 3.05) is 6.54 Å². The Labute approximate surface area is 80.9 Å². The molecule has 0 aromatic rings. The van der Waals surface area contributed by atoms with Crippen molar-refractivity contribution in [3.63, 3.8) is 0 Å². The van der Waals surface area contributed by atoms with Gasteiger partial charge >= 0.3 is 0 Å². The second-order valence-corrected chi connectivity index (χ2v) is 5.98. The summed E-state index contributed by atoms with van der Waals surface area (Å²) in [5.74, 6) is 0.161. The fourth-order valence-electron chi connectivity index (χ4n) is 0.715. The molecule has 80 valence electrons. The summed E-state index contributed by atoms with van der Waals surface area (Å²) in [6, 6.07) is -0.0996. The van der Waals surface area contributed by atoms with E-state index in [-0.39, 0.29) is 17.2 Å². The molecule has 3 N–H and O–H groups in total. The third-order valence-electron chi connectivity index (χ3n) is 2.20. The largest absolute Gasteiger partial charge is 0.330 e. The molecule has 0 aromatic heterocycles. The molecule has 0 fully saturated rings. The summed E-state index contributed by atoms with van der Waals surface area (Å²) in [5.41, 5.74) is 5.43. The van der Waals surface area contributed by atoms with Crippen LogP contribution in [0.5, 0.6) is 0 Å². The zero-order chi connectivity index (χ0) is 10.6. The predicted octanol–water partition coefficient (Wildman–Crippen LogP) is 0.298. The van der Waals surface area contributed by atoms with Crippen LogP contribution in [0.2, 0.25) is 0 Å². The highest BCUT2D eigenvalue weighted by molar-refractivity contribution is 7.90. The van der Waals surface area contributed by atoms with Crippen molar-refractivity contribution in [2.45, 2.75) is 39.0 Å². The van der Waals surface area contributed by atoms with Crippen molar-refractivity contribution < 1.29 is 8.42 Å². The average molecular weight is 208 g/mol. The lowest BCUT2D eigenvalue weighted by Gasteiger charge is -2.20. The molecule has 0 heterocycles. The predicted molar refractivity (Wildman–Crippen MR) is 54.9 cm³/mol. The molecule has 0 saturated carbocycles. The molecule has 0 rings (SSSR count). The fraction of sp³-hybridized carbons (Fsp3) is 1.00. The van der Waals surface area contributed by atoms with E-state index in [1.807, 2.05) is 13.8 Å². The maximum atomic E-state index is 11.4. The second-order valence-electron chi connectivity index (χ2n) is 3.71. The van der Waals surface area contributed by atoms with E-state index in [0.717, 1.165) is 0 Å². The number of sulfonamides is 1. The highest BCUT2D eigenvalue weighted by Gasteiger charge is 2.21. The maximum absolute atomic E-state index is 11.4. The molecule has 5 heteroatoms. The van der Waals surface area contributed by atoms with E-state index in [0.29, 0.717) is 6.54 Å². The summed E-state index contributed by atoms with van der Waals surface area (Å²) in [4.78, 5) is 0. The summed E-state index contributed by atoms with van der Waals surface area (Å²) >= 11 is 0. The minimum atomic E-state index is -3.16. The van der Waals surface area contributed by atoms with Crippen LogP contribution in [0.1, 0.15) is 27.7 Å². The zero-order valence-electron chi connectivity index (χ0n) is 8.74. The summed E-state index contributed by atoms with van der Waals surface area (Å²) in [6.45, 7) is 7.55. The molecule has 4 nitrogen and oxygen atoms in total.